The molecule has 0 aromatic heterocycles. The lowest BCUT2D eigenvalue weighted by Gasteiger charge is -2.20. The van der Waals surface area contributed by atoms with Gasteiger partial charge in [-0.3, -0.25) is 4.90 Å². The van der Waals surface area contributed by atoms with E-state index in [2.05, 4.69) is 27.1 Å². The van der Waals surface area contributed by atoms with E-state index in [1.807, 2.05) is 23.9 Å². The molecule has 4 heteroatoms. The van der Waals surface area contributed by atoms with Crippen molar-refractivity contribution in [1.29, 1.82) is 0 Å². The second kappa shape index (κ2) is 6.92. The van der Waals surface area contributed by atoms with E-state index in [-0.39, 0.29) is 5.82 Å². The number of thioether (sulfide) groups is 1. The summed E-state index contributed by atoms with van der Waals surface area (Å²) in [4.78, 5) is 2.48. The summed E-state index contributed by atoms with van der Waals surface area (Å²) in [6.07, 6.45) is 6.07. The molecule has 1 aromatic rings. The van der Waals surface area contributed by atoms with Gasteiger partial charge in [0.1, 0.15) is 5.82 Å². The largest absolute Gasteiger partial charge is 0.299 e. The van der Waals surface area contributed by atoms with Crippen molar-refractivity contribution < 1.29 is 4.39 Å². The SMILES string of the molecule is CSC1CCCN(Cc2ccc(F)c(Br)c2)CC1. The minimum absolute atomic E-state index is 0.183. The van der Waals surface area contributed by atoms with E-state index in [0.29, 0.717) is 4.47 Å². The Labute approximate surface area is 121 Å². The van der Waals surface area contributed by atoms with Gasteiger partial charge < -0.3 is 0 Å². The van der Waals surface area contributed by atoms with Gasteiger partial charge in [-0.2, -0.15) is 11.8 Å². The molecule has 1 aliphatic rings. The summed E-state index contributed by atoms with van der Waals surface area (Å²) in [5, 5.41) is 0.815. The highest BCUT2D eigenvalue weighted by molar-refractivity contribution is 9.10. The van der Waals surface area contributed by atoms with Crippen LogP contribution < -0.4 is 0 Å². The second-order valence-electron chi connectivity index (χ2n) is 4.81. The van der Waals surface area contributed by atoms with Crippen LogP contribution in [0.25, 0.3) is 0 Å². The third-order valence-corrected chi connectivity index (χ3v) is 5.24. The van der Waals surface area contributed by atoms with Crippen molar-refractivity contribution in [2.24, 2.45) is 0 Å². The summed E-state index contributed by atoms with van der Waals surface area (Å²) in [6, 6.07) is 5.32. The molecule has 18 heavy (non-hydrogen) atoms. The topological polar surface area (TPSA) is 3.24 Å². The molecule has 0 N–H and O–H groups in total. The smallest absolute Gasteiger partial charge is 0.137 e. The van der Waals surface area contributed by atoms with Crippen LogP contribution in [-0.4, -0.2) is 29.5 Å². The van der Waals surface area contributed by atoms with Crippen LogP contribution in [0.1, 0.15) is 24.8 Å². The molecule has 1 unspecified atom stereocenters. The first-order valence-corrected chi connectivity index (χ1v) is 8.46. The zero-order chi connectivity index (χ0) is 13.0. The molecule has 0 radical (unpaired) electrons. The molecule has 1 nitrogen and oxygen atoms in total. The first-order chi connectivity index (χ1) is 8.69. The van der Waals surface area contributed by atoms with Crippen molar-refractivity contribution in [1.82, 2.24) is 4.90 Å². The van der Waals surface area contributed by atoms with Gasteiger partial charge >= 0.3 is 0 Å². The number of halogens is 2. The molecule has 0 saturated carbocycles. The molecule has 0 amide bonds. The van der Waals surface area contributed by atoms with Gasteiger partial charge in [0.05, 0.1) is 4.47 Å². The van der Waals surface area contributed by atoms with Crippen LogP contribution in [0.5, 0.6) is 0 Å². The van der Waals surface area contributed by atoms with Crippen LogP contribution >= 0.6 is 27.7 Å². The van der Waals surface area contributed by atoms with E-state index in [1.54, 1.807) is 6.07 Å². The number of hydrogen-bond donors (Lipinski definition) is 0. The zero-order valence-electron chi connectivity index (χ0n) is 10.7. The molecule has 0 aliphatic carbocycles. The maximum atomic E-state index is 13.2. The lowest BCUT2D eigenvalue weighted by atomic mass is 10.2. The zero-order valence-corrected chi connectivity index (χ0v) is 13.1. The summed E-state index contributed by atoms with van der Waals surface area (Å²) >= 11 is 5.24. The lowest BCUT2D eigenvalue weighted by Crippen LogP contribution is -2.24. The molecular weight excluding hydrogens is 313 g/mol. The number of likely N-dealkylation sites (tertiary alicyclic amines) is 1. The molecule has 1 aliphatic heterocycles. The number of nitrogens with zero attached hydrogens (tertiary/aromatic N) is 1. The molecule has 100 valence electrons. The van der Waals surface area contributed by atoms with Gasteiger partial charge in [-0.25, -0.2) is 4.39 Å². The molecule has 0 bridgehead atoms. The van der Waals surface area contributed by atoms with Crippen LogP contribution in [0, 0.1) is 5.82 Å². The Morgan fingerprint density at radius 3 is 2.94 bits per heavy atom. The average Bonchev–Trinajstić information content (AvgIpc) is 2.59. The fraction of sp³-hybridized carbons (Fsp3) is 0.571. The van der Waals surface area contributed by atoms with Crippen LogP contribution in [0.4, 0.5) is 4.39 Å². The maximum absolute atomic E-state index is 13.2. The molecular formula is C14H19BrFNS. The third kappa shape index (κ3) is 3.97. The lowest BCUT2D eigenvalue weighted by molar-refractivity contribution is 0.277. The van der Waals surface area contributed by atoms with Crippen molar-refractivity contribution in [3.63, 3.8) is 0 Å². The third-order valence-electron chi connectivity index (χ3n) is 3.49. The summed E-state index contributed by atoms with van der Waals surface area (Å²) < 4.78 is 13.7. The standard InChI is InChI=1S/C14H19BrFNS/c1-18-12-3-2-7-17(8-6-12)10-11-4-5-14(16)13(15)9-11/h4-5,9,12H,2-3,6-8,10H2,1H3. The number of hydrogen-bond acceptors (Lipinski definition) is 2. The van der Waals surface area contributed by atoms with Crippen molar-refractivity contribution >= 4 is 27.7 Å². The van der Waals surface area contributed by atoms with E-state index >= 15 is 0 Å². The van der Waals surface area contributed by atoms with Gasteiger partial charge in [-0.15, -0.1) is 0 Å². The van der Waals surface area contributed by atoms with E-state index in [1.165, 1.54) is 24.8 Å². The van der Waals surface area contributed by atoms with Gasteiger partial charge in [0.15, 0.2) is 0 Å². The first kappa shape index (κ1) is 14.4. The normalized spacial score (nSPS) is 21.8. The van der Waals surface area contributed by atoms with Gasteiger partial charge in [0, 0.05) is 11.8 Å². The van der Waals surface area contributed by atoms with Crippen LogP contribution in [0.3, 0.4) is 0 Å². The van der Waals surface area contributed by atoms with Crippen molar-refractivity contribution in [3.8, 4) is 0 Å². The molecule has 1 aromatic carbocycles. The highest BCUT2D eigenvalue weighted by Gasteiger charge is 2.16. The van der Waals surface area contributed by atoms with E-state index in [4.69, 9.17) is 0 Å². The molecule has 0 spiro atoms. The molecule has 1 saturated heterocycles. The quantitative estimate of drug-likeness (QED) is 0.812. The minimum Gasteiger partial charge on any atom is -0.299 e. The molecule has 1 fully saturated rings. The Morgan fingerprint density at radius 2 is 2.22 bits per heavy atom. The fourth-order valence-electron chi connectivity index (χ4n) is 2.42. The Hall–Kier alpha value is -0.0600. The van der Waals surface area contributed by atoms with E-state index in [9.17, 15) is 4.39 Å². The predicted molar refractivity (Wildman–Crippen MR) is 80.5 cm³/mol. The van der Waals surface area contributed by atoms with Crippen molar-refractivity contribution in [2.75, 3.05) is 19.3 Å². The van der Waals surface area contributed by atoms with E-state index in [0.717, 1.165) is 24.9 Å². The summed E-state index contributed by atoms with van der Waals surface area (Å²) in [5.74, 6) is -0.183. The summed E-state index contributed by atoms with van der Waals surface area (Å²) in [6.45, 7) is 3.24. The second-order valence-corrected chi connectivity index (χ2v) is 6.81. The van der Waals surface area contributed by atoms with Gasteiger partial charge in [0.2, 0.25) is 0 Å². The van der Waals surface area contributed by atoms with Crippen LogP contribution in [-0.2, 0) is 6.54 Å². The summed E-state index contributed by atoms with van der Waals surface area (Å²) in [7, 11) is 0. The Bertz CT molecular complexity index is 399. The Balaban J connectivity index is 1.94. The van der Waals surface area contributed by atoms with Gasteiger partial charge in [0.25, 0.3) is 0 Å². The van der Waals surface area contributed by atoms with Crippen LogP contribution in [0.15, 0.2) is 22.7 Å². The summed E-state index contributed by atoms with van der Waals surface area (Å²) in [5.41, 5.74) is 1.19. The molecule has 2 rings (SSSR count). The maximum Gasteiger partial charge on any atom is 0.137 e. The number of benzene rings is 1. The molecule has 1 heterocycles. The highest BCUT2D eigenvalue weighted by atomic mass is 79.9. The highest BCUT2D eigenvalue weighted by Crippen LogP contribution is 2.23. The van der Waals surface area contributed by atoms with Gasteiger partial charge in [-0.05, 0) is 72.2 Å². The van der Waals surface area contributed by atoms with E-state index < -0.39 is 0 Å². The first-order valence-electron chi connectivity index (χ1n) is 6.38. The van der Waals surface area contributed by atoms with Crippen molar-refractivity contribution in [3.05, 3.63) is 34.1 Å². The van der Waals surface area contributed by atoms with Gasteiger partial charge in [-0.1, -0.05) is 6.07 Å². The number of rotatable bonds is 3. The molecule has 1 atom stereocenters. The average molecular weight is 332 g/mol. The van der Waals surface area contributed by atoms with Crippen molar-refractivity contribution in [2.45, 2.75) is 31.1 Å². The monoisotopic (exact) mass is 331 g/mol. The Kier molecular flexibility index (Phi) is 5.52. The predicted octanol–water partition coefficient (Wildman–Crippen LogP) is 4.31. The fourth-order valence-corrected chi connectivity index (χ4v) is 3.58. The Morgan fingerprint density at radius 1 is 1.39 bits per heavy atom. The minimum atomic E-state index is -0.183. The van der Waals surface area contributed by atoms with Crippen LogP contribution in [0.2, 0.25) is 0 Å².